The van der Waals surface area contributed by atoms with Crippen LogP contribution in [0.1, 0.15) is 31.2 Å². The second kappa shape index (κ2) is 10.3. The molecular weight excluding hydrogens is 458 g/mol. The molecule has 2 unspecified atom stereocenters. The number of imidazole rings is 1. The summed E-state index contributed by atoms with van der Waals surface area (Å²) in [6.07, 6.45) is 3.43. The number of aliphatic hydroxyl groups excluding tert-OH is 1. The zero-order chi connectivity index (χ0) is 25.0. The molecule has 0 fully saturated rings. The number of aliphatic hydroxyl groups is 1. The first kappa shape index (κ1) is 25.3. The van der Waals surface area contributed by atoms with Crippen molar-refractivity contribution in [3.05, 3.63) is 71.8 Å². The molecule has 0 spiro atoms. The summed E-state index contributed by atoms with van der Waals surface area (Å²) < 4.78 is 32.7. The lowest BCUT2D eigenvalue weighted by atomic mass is 9.95. The maximum atomic E-state index is 13.7. The van der Waals surface area contributed by atoms with Crippen LogP contribution in [0.5, 0.6) is 0 Å². The number of carboxylic acid groups (broad SMARTS) is 1. The second-order valence-electron chi connectivity index (χ2n) is 7.98. The summed E-state index contributed by atoms with van der Waals surface area (Å²) in [7, 11) is -1.88. The molecule has 3 aromatic rings. The van der Waals surface area contributed by atoms with Crippen LogP contribution in [0.4, 0.5) is 4.39 Å². The molecular formula is C25H25FN2O5P+. The number of rotatable bonds is 9. The Morgan fingerprint density at radius 3 is 2.35 bits per heavy atom. The Labute approximate surface area is 198 Å². The number of benzene rings is 2. The van der Waals surface area contributed by atoms with Gasteiger partial charge in [0.25, 0.3) is 0 Å². The molecule has 2 aromatic carbocycles. The van der Waals surface area contributed by atoms with Crippen LogP contribution in [0.3, 0.4) is 0 Å². The van der Waals surface area contributed by atoms with Crippen LogP contribution in [0.15, 0.2) is 54.6 Å². The fourth-order valence-corrected chi connectivity index (χ4v) is 4.69. The zero-order valence-corrected chi connectivity index (χ0v) is 19.9. The molecule has 0 aliphatic rings. The summed E-state index contributed by atoms with van der Waals surface area (Å²) in [6, 6.07) is 15.0. The van der Waals surface area contributed by atoms with Crippen molar-refractivity contribution in [3.8, 4) is 29.4 Å². The summed E-state index contributed by atoms with van der Waals surface area (Å²) in [5.41, 5.74) is 2.37. The van der Waals surface area contributed by atoms with E-state index in [9.17, 15) is 24.0 Å². The summed E-state index contributed by atoms with van der Waals surface area (Å²) in [5.74, 6) is 0.351. The van der Waals surface area contributed by atoms with Gasteiger partial charge < -0.3 is 10.2 Å². The monoisotopic (exact) mass is 483 g/mol. The number of carbonyl (C=O) groups is 1. The number of nitrogens with zero attached hydrogens (tertiary/aromatic N) is 2. The smallest absolute Gasteiger partial charge is 0.477 e. The Morgan fingerprint density at radius 1 is 1.24 bits per heavy atom. The fraction of sp³-hybridized carbons (Fsp3) is 0.280. The van der Waals surface area contributed by atoms with Gasteiger partial charge in [-0.05, 0) is 40.7 Å². The number of aliphatic carboxylic acids is 1. The van der Waals surface area contributed by atoms with Gasteiger partial charge in [0, 0.05) is 23.4 Å². The Bertz CT molecular complexity index is 1230. The number of halogens is 1. The van der Waals surface area contributed by atoms with E-state index < -0.39 is 31.1 Å². The largest absolute Gasteiger partial charge is 0.542 e. The van der Waals surface area contributed by atoms with E-state index in [0.29, 0.717) is 22.9 Å². The van der Waals surface area contributed by atoms with Gasteiger partial charge in [0.15, 0.2) is 0 Å². The molecule has 3 atom stereocenters. The SMILES string of the molecule is C#C[C@@](C(=O)O)(C(O)Cc1c(C(C)C)nc(-c2ccccc2)n1-c1ccc(F)cc1)[P+](=O)OC. The highest BCUT2D eigenvalue weighted by Gasteiger charge is 2.63. The third-order valence-electron chi connectivity index (χ3n) is 5.54. The summed E-state index contributed by atoms with van der Waals surface area (Å²) in [4.78, 5) is 16.9. The van der Waals surface area contributed by atoms with Crippen LogP contribution in [0.2, 0.25) is 0 Å². The first-order valence-corrected chi connectivity index (χ1v) is 11.7. The van der Waals surface area contributed by atoms with E-state index in [-0.39, 0.29) is 12.3 Å². The van der Waals surface area contributed by atoms with Crippen molar-refractivity contribution in [2.24, 2.45) is 0 Å². The summed E-state index contributed by atoms with van der Waals surface area (Å²) >= 11 is 0. The summed E-state index contributed by atoms with van der Waals surface area (Å²) in [5, 5.41) is 18.5. The molecule has 0 amide bonds. The molecule has 9 heteroatoms. The van der Waals surface area contributed by atoms with Crippen molar-refractivity contribution in [2.75, 3.05) is 7.11 Å². The zero-order valence-electron chi connectivity index (χ0n) is 19.0. The molecule has 34 heavy (non-hydrogen) atoms. The van der Waals surface area contributed by atoms with Gasteiger partial charge in [0.05, 0.1) is 12.8 Å². The van der Waals surface area contributed by atoms with Crippen LogP contribution in [0.25, 0.3) is 17.1 Å². The highest BCUT2D eigenvalue weighted by Crippen LogP contribution is 2.44. The Morgan fingerprint density at radius 2 is 1.85 bits per heavy atom. The van der Waals surface area contributed by atoms with E-state index in [1.807, 2.05) is 50.1 Å². The number of hydrogen-bond donors (Lipinski definition) is 2. The molecule has 1 aromatic heterocycles. The van der Waals surface area contributed by atoms with Crippen molar-refractivity contribution in [3.63, 3.8) is 0 Å². The van der Waals surface area contributed by atoms with E-state index >= 15 is 0 Å². The first-order valence-electron chi connectivity index (χ1n) is 10.5. The molecule has 0 aliphatic heterocycles. The number of carboxylic acids is 1. The van der Waals surface area contributed by atoms with Gasteiger partial charge in [-0.3, -0.25) is 4.57 Å². The van der Waals surface area contributed by atoms with Crippen LogP contribution in [0, 0.1) is 18.2 Å². The van der Waals surface area contributed by atoms with Gasteiger partial charge in [0.1, 0.15) is 17.7 Å². The highest BCUT2D eigenvalue weighted by molar-refractivity contribution is 7.43. The van der Waals surface area contributed by atoms with Crippen molar-refractivity contribution in [1.82, 2.24) is 9.55 Å². The van der Waals surface area contributed by atoms with Gasteiger partial charge in [0.2, 0.25) is 0 Å². The summed E-state index contributed by atoms with van der Waals surface area (Å²) in [6.45, 7) is 3.81. The molecule has 7 nitrogen and oxygen atoms in total. The molecule has 2 N–H and O–H groups in total. The predicted molar refractivity (Wildman–Crippen MR) is 127 cm³/mol. The van der Waals surface area contributed by atoms with Gasteiger partial charge in [-0.1, -0.05) is 44.2 Å². The van der Waals surface area contributed by atoms with Crippen molar-refractivity contribution in [2.45, 2.75) is 37.4 Å². The first-order chi connectivity index (χ1) is 16.2. The average Bonchev–Trinajstić information content (AvgIpc) is 3.20. The Balaban J connectivity index is 2.28. The maximum Gasteiger partial charge on any atom is 0.542 e. The van der Waals surface area contributed by atoms with Crippen molar-refractivity contribution >= 4 is 14.0 Å². The maximum absolute atomic E-state index is 13.7. The van der Waals surface area contributed by atoms with Gasteiger partial charge >= 0.3 is 19.2 Å². The third-order valence-corrected chi connectivity index (χ3v) is 7.06. The predicted octanol–water partition coefficient (Wildman–Crippen LogP) is 4.55. The number of hydrogen-bond acceptors (Lipinski definition) is 5. The van der Waals surface area contributed by atoms with E-state index in [1.54, 1.807) is 16.7 Å². The van der Waals surface area contributed by atoms with Crippen molar-refractivity contribution in [1.29, 1.82) is 0 Å². The third kappa shape index (κ3) is 4.51. The van der Waals surface area contributed by atoms with E-state index in [2.05, 4.69) is 0 Å². The minimum atomic E-state index is -2.95. The minimum Gasteiger partial charge on any atom is -0.477 e. The van der Waals surface area contributed by atoms with E-state index in [1.165, 1.54) is 12.1 Å². The average molecular weight is 483 g/mol. The second-order valence-corrected chi connectivity index (χ2v) is 9.56. The molecule has 1 heterocycles. The molecule has 0 saturated heterocycles. The topological polar surface area (TPSA) is 102 Å². The standard InChI is InChI=1S/C25H24FN2O5P/c1-5-25(24(30)31,34(32)33-4)21(29)15-20-22(16(2)3)27-23(17-9-7-6-8-10-17)28(20)19-13-11-18(26)12-14-19/h1,6-14,16,21,29H,15H2,2-4H3/p+1/t21?,25-/m0/s1. The molecule has 3 rings (SSSR count). The van der Waals surface area contributed by atoms with E-state index in [0.717, 1.165) is 12.7 Å². The normalized spacial score (nSPS) is 14.3. The van der Waals surface area contributed by atoms with E-state index in [4.69, 9.17) is 15.9 Å². The Kier molecular flexibility index (Phi) is 7.63. The molecule has 176 valence electrons. The fourth-order valence-electron chi connectivity index (χ4n) is 3.81. The van der Waals surface area contributed by atoms with Gasteiger partial charge in [-0.15, -0.1) is 10.9 Å². The van der Waals surface area contributed by atoms with Crippen LogP contribution < -0.4 is 0 Å². The number of aromatic nitrogens is 2. The lowest BCUT2D eigenvalue weighted by Crippen LogP contribution is -2.47. The quantitative estimate of drug-likeness (QED) is 0.342. The molecule has 0 saturated carbocycles. The lowest BCUT2D eigenvalue weighted by molar-refractivity contribution is -0.141. The molecule has 0 radical (unpaired) electrons. The van der Waals surface area contributed by atoms with Crippen molar-refractivity contribution < 1.29 is 28.5 Å². The van der Waals surface area contributed by atoms with Gasteiger partial charge in [-0.2, -0.15) is 0 Å². The molecule has 0 bridgehead atoms. The van der Waals surface area contributed by atoms with Crippen LogP contribution >= 0.6 is 8.03 Å². The number of terminal acetylenes is 1. The van der Waals surface area contributed by atoms with Gasteiger partial charge in [-0.25, -0.2) is 14.2 Å². The highest BCUT2D eigenvalue weighted by atomic mass is 31.1. The minimum absolute atomic E-state index is 0.118. The van der Waals surface area contributed by atoms with Crippen LogP contribution in [-0.4, -0.2) is 44.1 Å². The van der Waals surface area contributed by atoms with Crippen LogP contribution in [-0.2, 0) is 20.3 Å². The lowest BCUT2D eigenvalue weighted by Gasteiger charge is -2.21. The Hall–Kier alpha value is -3.37. The molecule has 0 aliphatic carbocycles.